The smallest absolute Gasteiger partial charge is 0.144 e. The Labute approximate surface area is 65.5 Å². The Kier molecular flexibility index (Phi) is 2.49. The van der Waals surface area contributed by atoms with Gasteiger partial charge in [0.2, 0.25) is 0 Å². The molecule has 0 saturated heterocycles. The maximum Gasteiger partial charge on any atom is 0.144 e. The van der Waals surface area contributed by atoms with Crippen molar-refractivity contribution in [3.8, 4) is 5.75 Å². The van der Waals surface area contributed by atoms with Crippen LogP contribution in [0.1, 0.15) is 0 Å². The van der Waals surface area contributed by atoms with Gasteiger partial charge in [-0.05, 0) is 12.1 Å². The molecule has 1 aromatic rings. The highest BCUT2D eigenvalue weighted by Crippen LogP contribution is 2.25. The summed E-state index contributed by atoms with van der Waals surface area (Å²) in [6.45, 7) is 0. The van der Waals surface area contributed by atoms with E-state index in [0.29, 0.717) is 0 Å². The molecule has 0 atom stereocenters. The van der Waals surface area contributed by atoms with Gasteiger partial charge in [0.15, 0.2) is 0 Å². The predicted octanol–water partition coefficient (Wildman–Crippen LogP) is 1.31. The van der Waals surface area contributed by atoms with Crippen LogP contribution in [0.3, 0.4) is 0 Å². The summed E-state index contributed by atoms with van der Waals surface area (Å²) >= 11 is 0. The van der Waals surface area contributed by atoms with Gasteiger partial charge in [0.1, 0.15) is 11.4 Å². The van der Waals surface area contributed by atoms with E-state index in [4.69, 9.17) is 10.5 Å². The van der Waals surface area contributed by atoms with E-state index in [1.54, 1.807) is 7.11 Å². The van der Waals surface area contributed by atoms with Crippen molar-refractivity contribution in [3.05, 3.63) is 24.3 Å². The Morgan fingerprint density at radius 2 is 2.18 bits per heavy atom. The van der Waals surface area contributed by atoms with Gasteiger partial charge in [-0.2, -0.15) is 0 Å². The summed E-state index contributed by atoms with van der Waals surface area (Å²) in [6.07, 6.45) is 1.25. The Bertz CT molecular complexity index is 258. The number of benzene rings is 1. The zero-order chi connectivity index (χ0) is 8.10. The van der Waals surface area contributed by atoms with E-state index in [1.165, 1.54) is 6.34 Å². The number of nitrogens with two attached hydrogens (primary N) is 1. The maximum atomic E-state index is 5.14. The highest BCUT2D eigenvalue weighted by Gasteiger charge is 1.95. The fourth-order valence-corrected chi connectivity index (χ4v) is 0.817. The lowest BCUT2D eigenvalue weighted by atomic mass is 10.3. The second-order valence-corrected chi connectivity index (χ2v) is 1.95. The van der Waals surface area contributed by atoms with E-state index >= 15 is 0 Å². The maximum absolute atomic E-state index is 5.14. The van der Waals surface area contributed by atoms with Crippen LogP contribution < -0.4 is 10.5 Å². The third kappa shape index (κ3) is 1.70. The summed E-state index contributed by atoms with van der Waals surface area (Å²) in [5.41, 5.74) is 5.88. The minimum atomic E-state index is 0.731. The van der Waals surface area contributed by atoms with E-state index in [-0.39, 0.29) is 0 Å². The molecule has 1 aromatic carbocycles. The van der Waals surface area contributed by atoms with E-state index < -0.39 is 0 Å². The van der Waals surface area contributed by atoms with Crippen LogP contribution in [-0.2, 0) is 0 Å². The molecule has 3 nitrogen and oxygen atoms in total. The largest absolute Gasteiger partial charge is 0.494 e. The lowest BCUT2D eigenvalue weighted by Gasteiger charge is -2.01. The first-order valence-corrected chi connectivity index (χ1v) is 3.25. The predicted molar refractivity (Wildman–Crippen MR) is 45.3 cm³/mol. The lowest BCUT2D eigenvalue weighted by Crippen LogP contribution is -1.88. The topological polar surface area (TPSA) is 47.6 Å². The minimum absolute atomic E-state index is 0.731. The molecule has 0 aliphatic heterocycles. The van der Waals surface area contributed by atoms with Gasteiger partial charge >= 0.3 is 0 Å². The first kappa shape index (κ1) is 7.60. The van der Waals surface area contributed by atoms with Crippen LogP contribution >= 0.6 is 0 Å². The van der Waals surface area contributed by atoms with E-state index in [2.05, 4.69) is 4.99 Å². The monoisotopic (exact) mass is 150 g/mol. The van der Waals surface area contributed by atoms with Gasteiger partial charge in [-0.25, -0.2) is 4.99 Å². The number of hydrogen-bond acceptors (Lipinski definition) is 2. The number of hydrogen-bond donors (Lipinski definition) is 1. The van der Waals surface area contributed by atoms with Crippen molar-refractivity contribution in [3.63, 3.8) is 0 Å². The van der Waals surface area contributed by atoms with Crippen molar-refractivity contribution in [2.24, 2.45) is 10.7 Å². The summed E-state index contributed by atoms with van der Waals surface area (Å²) in [5, 5.41) is 0. The summed E-state index contributed by atoms with van der Waals surface area (Å²) in [6, 6.07) is 7.43. The Hall–Kier alpha value is -1.51. The molecular formula is C8H10N2O. The number of methoxy groups -OCH3 is 1. The van der Waals surface area contributed by atoms with Gasteiger partial charge in [0.05, 0.1) is 13.4 Å². The van der Waals surface area contributed by atoms with Gasteiger partial charge in [0, 0.05) is 0 Å². The van der Waals surface area contributed by atoms with Crippen LogP contribution in [0, 0.1) is 0 Å². The average molecular weight is 150 g/mol. The number of ether oxygens (including phenoxy) is 1. The van der Waals surface area contributed by atoms with Gasteiger partial charge in [-0.3, -0.25) is 0 Å². The fourth-order valence-electron chi connectivity index (χ4n) is 0.817. The summed E-state index contributed by atoms with van der Waals surface area (Å²) in [5.74, 6) is 0.731. The molecule has 0 spiro atoms. The van der Waals surface area contributed by atoms with Crippen molar-refractivity contribution in [2.75, 3.05) is 7.11 Å². The molecule has 2 N–H and O–H groups in total. The second kappa shape index (κ2) is 3.61. The molecular weight excluding hydrogens is 140 g/mol. The Morgan fingerprint density at radius 3 is 2.82 bits per heavy atom. The lowest BCUT2D eigenvalue weighted by molar-refractivity contribution is 0.416. The molecule has 0 unspecified atom stereocenters. The third-order valence-electron chi connectivity index (χ3n) is 1.30. The van der Waals surface area contributed by atoms with Gasteiger partial charge in [-0.15, -0.1) is 0 Å². The second-order valence-electron chi connectivity index (χ2n) is 1.95. The molecule has 0 radical (unpaired) electrons. The first-order valence-electron chi connectivity index (χ1n) is 3.25. The molecule has 0 fully saturated rings. The third-order valence-corrected chi connectivity index (χ3v) is 1.30. The molecule has 0 heterocycles. The number of aliphatic imine (C=N–C) groups is 1. The summed E-state index contributed by atoms with van der Waals surface area (Å²) in [4.78, 5) is 3.91. The van der Waals surface area contributed by atoms with E-state index in [9.17, 15) is 0 Å². The average Bonchev–Trinajstić information content (AvgIpc) is 2.06. The number of rotatable bonds is 2. The molecule has 0 amide bonds. The van der Waals surface area contributed by atoms with Crippen LogP contribution in [0.2, 0.25) is 0 Å². The molecule has 0 bridgehead atoms. The van der Waals surface area contributed by atoms with Crippen molar-refractivity contribution in [1.82, 2.24) is 0 Å². The molecule has 58 valence electrons. The number of para-hydroxylation sites is 2. The van der Waals surface area contributed by atoms with Crippen LogP contribution in [0.15, 0.2) is 29.3 Å². The Balaban J connectivity index is 3.02. The molecule has 0 aliphatic carbocycles. The zero-order valence-electron chi connectivity index (χ0n) is 6.32. The normalized spacial score (nSPS) is 10.3. The summed E-state index contributed by atoms with van der Waals surface area (Å²) in [7, 11) is 1.60. The number of nitrogens with zero attached hydrogens (tertiary/aromatic N) is 1. The van der Waals surface area contributed by atoms with Crippen LogP contribution in [0.25, 0.3) is 0 Å². The Morgan fingerprint density at radius 1 is 1.45 bits per heavy atom. The van der Waals surface area contributed by atoms with Crippen LogP contribution in [0.4, 0.5) is 5.69 Å². The zero-order valence-corrected chi connectivity index (χ0v) is 6.32. The van der Waals surface area contributed by atoms with E-state index in [0.717, 1.165) is 11.4 Å². The van der Waals surface area contributed by atoms with Crippen LogP contribution in [0.5, 0.6) is 5.75 Å². The standard InChI is InChI=1S/C8H10N2O/c1-11-8-5-3-2-4-7(8)10-6-9/h2-6H,1H3,(H2,9,10). The quantitative estimate of drug-likeness (QED) is 0.510. The SMILES string of the molecule is COc1ccccc1N=CN. The van der Waals surface area contributed by atoms with Crippen LogP contribution in [-0.4, -0.2) is 13.4 Å². The van der Waals surface area contributed by atoms with Crippen molar-refractivity contribution < 1.29 is 4.74 Å². The van der Waals surface area contributed by atoms with Gasteiger partial charge in [-0.1, -0.05) is 12.1 Å². The first-order chi connectivity index (χ1) is 5.38. The van der Waals surface area contributed by atoms with Gasteiger partial charge < -0.3 is 10.5 Å². The molecule has 1 rings (SSSR count). The molecule has 0 aromatic heterocycles. The molecule has 11 heavy (non-hydrogen) atoms. The molecule has 3 heteroatoms. The highest BCUT2D eigenvalue weighted by molar-refractivity contribution is 5.63. The highest BCUT2D eigenvalue weighted by atomic mass is 16.5. The van der Waals surface area contributed by atoms with Gasteiger partial charge in [0.25, 0.3) is 0 Å². The summed E-state index contributed by atoms with van der Waals surface area (Å²) < 4.78 is 5.03. The minimum Gasteiger partial charge on any atom is -0.494 e. The van der Waals surface area contributed by atoms with Crippen molar-refractivity contribution in [1.29, 1.82) is 0 Å². The molecule has 0 saturated carbocycles. The molecule has 0 aliphatic rings. The van der Waals surface area contributed by atoms with E-state index in [1.807, 2.05) is 24.3 Å². The fraction of sp³-hybridized carbons (Fsp3) is 0.125. The van der Waals surface area contributed by atoms with Crippen molar-refractivity contribution >= 4 is 12.0 Å². The van der Waals surface area contributed by atoms with Crippen molar-refractivity contribution in [2.45, 2.75) is 0 Å².